The zero-order chi connectivity index (χ0) is 21.1. The highest BCUT2D eigenvalue weighted by Crippen LogP contribution is 2.37. The monoisotopic (exact) mass is 402 g/mol. The molecule has 9 nitrogen and oxygen atoms in total. The van der Waals surface area contributed by atoms with E-state index in [2.05, 4.69) is 10.3 Å². The minimum absolute atomic E-state index is 0.0498. The van der Waals surface area contributed by atoms with Gasteiger partial charge < -0.3 is 29.0 Å². The number of ether oxygens (including phenoxy) is 3. The first-order chi connectivity index (χ1) is 13.8. The van der Waals surface area contributed by atoms with Crippen LogP contribution >= 0.6 is 0 Å². The first kappa shape index (κ1) is 20.7. The van der Waals surface area contributed by atoms with Crippen LogP contribution in [0.25, 0.3) is 0 Å². The number of aryl methyl sites for hydroxylation is 1. The van der Waals surface area contributed by atoms with Crippen LogP contribution in [0.2, 0.25) is 0 Å². The molecule has 2 heterocycles. The Balaban J connectivity index is 1.93. The summed E-state index contributed by atoms with van der Waals surface area (Å²) in [7, 11) is 4.73. The molecule has 0 spiro atoms. The fourth-order valence-corrected chi connectivity index (χ4v) is 3.42. The number of benzene rings is 1. The first-order valence-electron chi connectivity index (χ1n) is 9.32. The van der Waals surface area contributed by atoms with E-state index in [1.807, 2.05) is 13.8 Å². The Morgan fingerprint density at radius 2 is 1.86 bits per heavy atom. The maximum atomic E-state index is 13.1. The number of hydrogen-bond donors (Lipinski definition) is 1. The molecule has 2 amide bonds. The van der Waals surface area contributed by atoms with Crippen molar-refractivity contribution in [3.8, 4) is 11.5 Å². The van der Waals surface area contributed by atoms with Crippen molar-refractivity contribution < 1.29 is 23.8 Å². The molecule has 0 aliphatic carbocycles. The summed E-state index contributed by atoms with van der Waals surface area (Å²) in [5.74, 6) is 0.103. The number of anilines is 1. The Kier molecular flexibility index (Phi) is 6.07. The quantitative estimate of drug-likeness (QED) is 0.821. The molecule has 9 heteroatoms. The molecule has 0 bridgehead atoms. The third kappa shape index (κ3) is 4.51. The van der Waals surface area contributed by atoms with Crippen molar-refractivity contribution in [3.63, 3.8) is 0 Å². The van der Waals surface area contributed by atoms with Gasteiger partial charge in [-0.15, -0.1) is 0 Å². The summed E-state index contributed by atoms with van der Waals surface area (Å²) in [5.41, 5.74) is 0.974. The lowest BCUT2D eigenvalue weighted by atomic mass is 10.1. The summed E-state index contributed by atoms with van der Waals surface area (Å²) in [4.78, 5) is 31.5. The van der Waals surface area contributed by atoms with Crippen molar-refractivity contribution >= 4 is 17.5 Å². The smallest absolute Gasteiger partial charge is 0.275 e. The van der Waals surface area contributed by atoms with E-state index in [4.69, 9.17) is 14.2 Å². The molecule has 1 aliphatic rings. The number of aromatic nitrogens is 2. The fourth-order valence-electron chi connectivity index (χ4n) is 3.42. The van der Waals surface area contributed by atoms with Crippen molar-refractivity contribution in [1.29, 1.82) is 0 Å². The minimum atomic E-state index is -0.413. The van der Waals surface area contributed by atoms with Crippen LogP contribution in [0.15, 0.2) is 24.7 Å². The standard InChI is InChI=1S/C20H26N4O5/c1-12-8-24(9-13(2)29-12)20(26)14-6-15(18(28-5)17(7-14)27-4)22-19(25)16-10-23(3)11-21-16/h6-7,10-13H,8-9H2,1-5H3,(H,22,25)/t12-,13+. The van der Waals surface area contributed by atoms with Crippen LogP contribution in [0.1, 0.15) is 34.7 Å². The number of nitrogens with zero attached hydrogens (tertiary/aromatic N) is 3. The summed E-state index contributed by atoms with van der Waals surface area (Å²) >= 11 is 0. The van der Waals surface area contributed by atoms with Crippen molar-refractivity contribution in [2.24, 2.45) is 7.05 Å². The zero-order valence-electron chi connectivity index (χ0n) is 17.3. The number of carbonyl (C=O) groups is 2. The Labute approximate surface area is 169 Å². The van der Waals surface area contributed by atoms with Crippen molar-refractivity contribution in [2.45, 2.75) is 26.1 Å². The molecular formula is C20H26N4O5. The highest BCUT2D eigenvalue weighted by atomic mass is 16.5. The van der Waals surface area contributed by atoms with E-state index in [0.29, 0.717) is 35.8 Å². The number of nitrogens with one attached hydrogen (secondary N) is 1. The van der Waals surface area contributed by atoms with Gasteiger partial charge in [0.1, 0.15) is 5.69 Å². The molecule has 1 N–H and O–H groups in total. The highest BCUT2D eigenvalue weighted by Gasteiger charge is 2.28. The maximum absolute atomic E-state index is 13.1. The van der Waals surface area contributed by atoms with Gasteiger partial charge in [0.2, 0.25) is 0 Å². The van der Waals surface area contributed by atoms with Gasteiger partial charge in [0, 0.05) is 31.9 Å². The van der Waals surface area contributed by atoms with Gasteiger partial charge in [-0.1, -0.05) is 0 Å². The van der Waals surface area contributed by atoms with E-state index in [1.165, 1.54) is 20.5 Å². The van der Waals surface area contributed by atoms with Gasteiger partial charge >= 0.3 is 0 Å². The molecule has 2 aromatic rings. The van der Waals surface area contributed by atoms with Gasteiger partial charge in [0.15, 0.2) is 11.5 Å². The summed E-state index contributed by atoms with van der Waals surface area (Å²) in [6.45, 7) is 4.85. The predicted molar refractivity (Wildman–Crippen MR) is 107 cm³/mol. The Morgan fingerprint density at radius 3 is 2.41 bits per heavy atom. The number of amides is 2. The molecule has 1 aromatic carbocycles. The van der Waals surface area contributed by atoms with Crippen molar-refractivity contribution in [1.82, 2.24) is 14.5 Å². The van der Waals surface area contributed by atoms with Crippen LogP contribution in [0.4, 0.5) is 5.69 Å². The Hall–Kier alpha value is -3.07. The summed E-state index contributed by atoms with van der Waals surface area (Å²) < 4.78 is 18.2. The number of hydrogen-bond acceptors (Lipinski definition) is 6. The molecule has 1 saturated heterocycles. The van der Waals surface area contributed by atoms with Gasteiger partial charge in [-0.05, 0) is 26.0 Å². The van der Waals surface area contributed by atoms with E-state index >= 15 is 0 Å². The lowest BCUT2D eigenvalue weighted by Gasteiger charge is -2.35. The van der Waals surface area contributed by atoms with Gasteiger partial charge in [0.25, 0.3) is 11.8 Å². The van der Waals surface area contributed by atoms with E-state index in [9.17, 15) is 9.59 Å². The maximum Gasteiger partial charge on any atom is 0.275 e. The molecule has 1 aliphatic heterocycles. The lowest BCUT2D eigenvalue weighted by Crippen LogP contribution is -2.48. The van der Waals surface area contributed by atoms with Crippen LogP contribution in [0, 0.1) is 0 Å². The van der Waals surface area contributed by atoms with Crippen LogP contribution in [0.5, 0.6) is 11.5 Å². The first-order valence-corrected chi connectivity index (χ1v) is 9.32. The fraction of sp³-hybridized carbons (Fsp3) is 0.450. The van der Waals surface area contributed by atoms with Crippen LogP contribution in [0.3, 0.4) is 0 Å². The summed E-state index contributed by atoms with van der Waals surface area (Å²) in [6.07, 6.45) is 3.04. The van der Waals surface area contributed by atoms with E-state index in [0.717, 1.165) is 0 Å². The van der Waals surface area contributed by atoms with Crippen LogP contribution < -0.4 is 14.8 Å². The van der Waals surface area contributed by atoms with Crippen LogP contribution in [-0.2, 0) is 11.8 Å². The SMILES string of the molecule is COc1cc(C(=O)N2C[C@@H](C)O[C@@H](C)C2)cc(NC(=O)c2cn(C)cn2)c1OC. The molecule has 3 rings (SSSR count). The second-order valence-electron chi connectivity index (χ2n) is 7.11. The number of rotatable bonds is 5. The molecule has 29 heavy (non-hydrogen) atoms. The van der Waals surface area contributed by atoms with Gasteiger partial charge in [0.05, 0.1) is 38.4 Å². The van der Waals surface area contributed by atoms with E-state index < -0.39 is 5.91 Å². The van der Waals surface area contributed by atoms with Crippen molar-refractivity contribution in [3.05, 3.63) is 35.9 Å². The average molecular weight is 402 g/mol. The predicted octanol–water partition coefficient (Wildman–Crippen LogP) is 1.94. The average Bonchev–Trinajstić information content (AvgIpc) is 3.12. The minimum Gasteiger partial charge on any atom is -0.493 e. The molecule has 156 valence electrons. The Bertz CT molecular complexity index is 900. The molecule has 2 atom stereocenters. The molecular weight excluding hydrogens is 376 g/mol. The molecule has 1 fully saturated rings. The normalized spacial score (nSPS) is 19.0. The highest BCUT2D eigenvalue weighted by molar-refractivity contribution is 6.05. The molecule has 0 radical (unpaired) electrons. The van der Waals surface area contributed by atoms with E-state index in [1.54, 1.807) is 34.8 Å². The zero-order valence-corrected chi connectivity index (χ0v) is 17.3. The van der Waals surface area contributed by atoms with Gasteiger partial charge in [-0.3, -0.25) is 9.59 Å². The second kappa shape index (κ2) is 8.52. The topological polar surface area (TPSA) is 94.9 Å². The summed E-state index contributed by atoms with van der Waals surface area (Å²) in [5, 5.41) is 2.77. The van der Waals surface area contributed by atoms with Crippen LogP contribution in [-0.4, -0.2) is 65.8 Å². The molecule has 1 aromatic heterocycles. The van der Waals surface area contributed by atoms with Gasteiger partial charge in [-0.2, -0.15) is 0 Å². The van der Waals surface area contributed by atoms with Gasteiger partial charge in [-0.25, -0.2) is 4.98 Å². The number of morpholine rings is 1. The largest absolute Gasteiger partial charge is 0.493 e. The number of carbonyl (C=O) groups excluding carboxylic acids is 2. The molecule has 0 unspecified atom stereocenters. The third-order valence-electron chi connectivity index (χ3n) is 4.62. The number of methoxy groups -OCH3 is 2. The Morgan fingerprint density at radius 1 is 1.17 bits per heavy atom. The molecule has 0 saturated carbocycles. The second-order valence-corrected chi connectivity index (χ2v) is 7.11. The van der Waals surface area contributed by atoms with Crippen molar-refractivity contribution in [2.75, 3.05) is 32.6 Å². The third-order valence-corrected chi connectivity index (χ3v) is 4.62. The number of imidazole rings is 1. The lowest BCUT2D eigenvalue weighted by molar-refractivity contribution is -0.0586. The summed E-state index contributed by atoms with van der Waals surface area (Å²) in [6, 6.07) is 3.21. The van der Waals surface area contributed by atoms with E-state index in [-0.39, 0.29) is 23.8 Å².